The molecule has 0 unspecified atom stereocenters. The van der Waals surface area contributed by atoms with Crippen molar-refractivity contribution in [2.45, 2.75) is 6.92 Å². The first kappa shape index (κ1) is 17.1. The second-order valence-corrected chi connectivity index (χ2v) is 4.98. The molecule has 0 fully saturated rings. The Labute approximate surface area is 138 Å². The lowest BCUT2D eigenvalue weighted by molar-refractivity contribution is -0.120. The second-order valence-electron chi connectivity index (χ2n) is 4.98. The molecule has 0 saturated carbocycles. The lowest BCUT2D eigenvalue weighted by Crippen LogP contribution is -2.46. The van der Waals surface area contributed by atoms with Gasteiger partial charge in [0.25, 0.3) is 17.7 Å². The summed E-state index contributed by atoms with van der Waals surface area (Å²) in [4.78, 5) is 35.3. The monoisotopic (exact) mass is 329 g/mol. The van der Waals surface area contributed by atoms with Crippen LogP contribution in [0, 0.1) is 12.7 Å². The van der Waals surface area contributed by atoms with Crippen LogP contribution in [-0.2, 0) is 4.79 Å². The van der Waals surface area contributed by atoms with E-state index < -0.39 is 30.1 Å². The number of amides is 3. The highest BCUT2D eigenvalue weighted by molar-refractivity contribution is 5.98. The van der Waals surface area contributed by atoms with Crippen molar-refractivity contribution in [3.8, 4) is 0 Å². The smallest absolute Gasteiger partial charge is 0.269 e. The molecule has 0 bridgehead atoms. The predicted octanol–water partition coefficient (Wildman–Crippen LogP) is 1.33. The van der Waals surface area contributed by atoms with Crippen molar-refractivity contribution in [2.75, 3.05) is 6.54 Å². The van der Waals surface area contributed by atoms with Crippen molar-refractivity contribution < 1.29 is 18.8 Å². The zero-order valence-electron chi connectivity index (χ0n) is 12.9. The number of hydrazine groups is 1. The zero-order chi connectivity index (χ0) is 17.5. The third-order valence-corrected chi connectivity index (χ3v) is 3.23. The fourth-order valence-electron chi connectivity index (χ4n) is 1.97. The van der Waals surface area contributed by atoms with Gasteiger partial charge >= 0.3 is 0 Å². The number of halogens is 1. The highest BCUT2D eigenvalue weighted by Gasteiger charge is 2.13. The second kappa shape index (κ2) is 7.87. The van der Waals surface area contributed by atoms with Gasteiger partial charge in [0.1, 0.15) is 5.82 Å². The third-order valence-electron chi connectivity index (χ3n) is 3.23. The molecule has 0 saturated heterocycles. The highest BCUT2D eigenvalue weighted by atomic mass is 19.1. The van der Waals surface area contributed by atoms with Crippen LogP contribution in [0.15, 0.2) is 48.5 Å². The van der Waals surface area contributed by atoms with Crippen LogP contribution in [0.25, 0.3) is 0 Å². The lowest BCUT2D eigenvalue weighted by atomic mass is 10.1. The number of aryl methyl sites for hydroxylation is 1. The first-order valence-corrected chi connectivity index (χ1v) is 7.16. The summed E-state index contributed by atoms with van der Waals surface area (Å²) in [5.41, 5.74) is 5.46. The Balaban J connectivity index is 1.82. The molecule has 124 valence electrons. The van der Waals surface area contributed by atoms with Gasteiger partial charge in [-0.15, -0.1) is 0 Å². The van der Waals surface area contributed by atoms with Gasteiger partial charge in [-0.3, -0.25) is 25.2 Å². The van der Waals surface area contributed by atoms with Crippen molar-refractivity contribution in [1.82, 2.24) is 16.2 Å². The van der Waals surface area contributed by atoms with E-state index in [1.165, 1.54) is 18.2 Å². The Kier molecular flexibility index (Phi) is 5.62. The largest absolute Gasteiger partial charge is 0.343 e. The lowest BCUT2D eigenvalue weighted by Gasteiger charge is -2.10. The molecule has 0 atom stereocenters. The maximum absolute atomic E-state index is 13.4. The van der Waals surface area contributed by atoms with E-state index in [2.05, 4.69) is 16.2 Å². The van der Waals surface area contributed by atoms with Crippen LogP contribution in [-0.4, -0.2) is 24.3 Å². The number of carbonyl (C=O) groups excluding carboxylic acids is 3. The number of nitrogens with one attached hydrogen (secondary N) is 3. The Morgan fingerprint density at radius 1 is 0.875 bits per heavy atom. The molecule has 0 spiro atoms. The number of carbonyl (C=O) groups is 3. The number of hydrogen-bond donors (Lipinski definition) is 3. The van der Waals surface area contributed by atoms with E-state index in [4.69, 9.17) is 0 Å². The molecule has 0 aliphatic carbocycles. The summed E-state index contributed by atoms with van der Waals surface area (Å²) in [6, 6.07) is 12.3. The highest BCUT2D eigenvalue weighted by Crippen LogP contribution is 2.06. The average molecular weight is 329 g/mol. The van der Waals surface area contributed by atoms with Gasteiger partial charge in [-0.25, -0.2) is 4.39 Å². The van der Waals surface area contributed by atoms with Gasteiger partial charge in [0, 0.05) is 5.56 Å². The minimum atomic E-state index is -0.714. The van der Waals surface area contributed by atoms with Crippen LogP contribution >= 0.6 is 0 Å². The van der Waals surface area contributed by atoms with E-state index in [1.54, 1.807) is 31.2 Å². The van der Waals surface area contributed by atoms with E-state index in [0.29, 0.717) is 5.56 Å². The summed E-state index contributed by atoms with van der Waals surface area (Å²) in [7, 11) is 0. The SMILES string of the molecule is Cc1ccccc1C(=O)NNC(=O)CNC(=O)c1ccccc1F. The first-order chi connectivity index (χ1) is 11.5. The van der Waals surface area contributed by atoms with Gasteiger partial charge in [-0.1, -0.05) is 30.3 Å². The Hall–Kier alpha value is -3.22. The fraction of sp³-hybridized carbons (Fsp3) is 0.118. The summed E-state index contributed by atoms with van der Waals surface area (Å²) in [6.07, 6.45) is 0. The van der Waals surface area contributed by atoms with E-state index in [9.17, 15) is 18.8 Å². The van der Waals surface area contributed by atoms with E-state index in [0.717, 1.165) is 11.6 Å². The molecule has 2 aromatic carbocycles. The van der Waals surface area contributed by atoms with Gasteiger partial charge < -0.3 is 5.32 Å². The van der Waals surface area contributed by atoms with E-state index >= 15 is 0 Å². The summed E-state index contributed by atoms with van der Waals surface area (Å²) >= 11 is 0. The van der Waals surface area contributed by atoms with E-state index in [-0.39, 0.29) is 5.56 Å². The molecule has 0 aliphatic rings. The van der Waals surface area contributed by atoms with Crippen LogP contribution in [0.5, 0.6) is 0 Å². The molecule has 0 radical (unpaired) electrons. The van der Waals surface area contributed by atoms with Gasteiger partial charge in [-0.2, -0.15) is 0 Å². The van der Waals surface area contributed by atoms with Gasteiger partial charge in [0.15, 0.2) is 0 Å². The Bertz CT molecular complexity index is 714. The average Bonchev–Trinajstić information content (AvgIpc) is 2.58. The third kappa shape index (κ3) is 4.39. The zero-order valence-corrected chi connectivity index (χ0v) is 12.9. The van der Waals surface area contributed by atoms with Crippen molar-refractivity contribution >= 4 is 17.7 Å². The van der Waals surface area contributed by atoms with Crippen LogP contribution in [0.2, 0.25) is 0 Å². The van der Waals surface area contributed by atoms with Crippen molar-refractivity contribution in [3.63, 3.8) is 0 Å². The number of rotatable bonds is 4. The normalized spacial score (nSPS) is 9.92. The molecule has 6 nitrogen and oxygen atoms in total. The molecule has 0 heterocycles. The molecule has 3 amide bonds. The summed E-state index contributed by atoms with van der Waals surface area (Å²) in [5, 5.41) is 2.27. The van der Waals surface area contributed by atoms with Crippen LogP contribution in [0.1, 0.15) is 26.3 Å². The number of benzene rings is 2. The molecular formula is C17H16FN3O3. The van der Waals surface area contributed by atoms with Crippen molar-refractivity contribution in [1.29, 1.82) is 0 Å². The fourth-order valence-corrected chi connectivity index (χ4v) is 1.97. The molecule has 7 heteroatoms. The van der Waals surface area contributed by atoms with Crippen LogP contribution in [0.4, 0.5) is 4.39 Å². The van der Waals surface area contributed by atoms with Gasteiger partial charge in [-0.05, 0) is 30.7 Å². The van der Waals surface area contributed by atoms with Crippen molar-refractivity contribution in [2.24, 2.45) is 0 Å². The van der Waals surface area contributed by atoms with Gasteiger partial charge in [0.2, 0.25) is 0 Å². The maximum Gasteiger partial charge on any atom is 0.269 e. The topological polar surface area (TPSA) is 87.3 Å². The minimum Gasteiger partial charge on any atom is -0.343 e. The summed E-state index contributed by atoms with van der Waals surface area (Å²) in [6.45, 7) is 1.37. The molecule has 2 aromatic rings. The summed E-state index contributed by atoms with van der Waals surface area (Å²) < 4.78 is 13.4. The molecule has 0 aromatic heterocycles. The Morgan fingerprint density at radius 2 is 1.50 bits per heavy atom. The molecular weight excluding hydrogens is 313 g/mol. The van der Waals surface area contributed by atoms with Crippen molar-refractivity contribution in [3.05, 3.63) is 71.0 Å². The predicted molar refractivity (Wildman–Crippen MR) is 85.5 cm³/mol. The van der Waals surface area contributed by atoms with Gasteiger partial charge in [0.05, 0.1) is 12.1 Å². The standard InChI is InChI=1S/C17H16FN3O3/c1-11-6-2-3-7-12(11)17(24)21-20-15(22)10-19-16(23)13-8-4-5-9-14(13)18/h2-9H,10H2,1H3,(H,19,23)(H,20,22)(H,21,24). The first-order valence-electron chi connectivity index (χ1n) is 7.16. The van der Waals surface area contributed by atoms with E-state index in [1.807, 2.05) is 0 Å². The molecule has 3 N–H and O–H groups in total. The van der Waals surface area contributed by atoms with Crippen LogP contribution in [0.3, 0.4) is 0 Å². The number of hydrogen-bond acceptors (Lipinski definition) is 3. The maximum atomic E-state index is 13.4. The molecule has 24 heavy (non-hydrogen) atoms. The van der Waals surface area contributed by atoms with Crippen LogP contribution < -0.4 is 16.2 Å². The minimum absolute atomic E-state index is 0.158. The molecule has 2 rings (SSSR count). The quantitative estimate of drug-likeness (QED) is 0.740. The Morgan fingerprint density at radius 3 is 2.17 bits per heavy atom. The summed E-state index contributed by atoms with van der Waals surface area (Å²) in [5.74, 6) is -2.50. The molecule has 0 aliphatic heterocycles.